The number of hydrogen-bond acceptors (Lipinski definition) is 2. The van der Waals surface area contributed by atoms with Gasteiger partial charge in [0.2, 0.25) is 0 Å². The normalized spacial score (nSPS) is 26.8. The van der Waals surface area contributed by atoms with Crippen molar-refractivity contribution < 1.29 is 14.7 Å². The minimum absolute atomic E-state index is 0.0205. The summed E-state index contributed by atoms with van der Waals surface area (Å²) in [5, 5.41) is 12.0. The molecule has 5 nitrogen and oxygen atoms in total. The Labute approximate surface area is 109 Å². The summed E-state index contributed by atoms with van der Waals surface area (Å²) < 4.78 is 0. The smallest absolute Gasteiger partial charge is 0.317 e. The van der Waals surface area contributed by atoms with E-state index >= 15 is 0 Å². The maximum absolute atomic E-state index is 12.0. The van der Waals surface area contributed by atoms with Crippen LogP contribution in [0.4, 0.5) is 4.79 Å². The minimum Gasteiger partial charge on any atom is -0.481 e. The number of rotatable bonds is 4. The van der Waals surface area contributed by atoms with Crippen molar-refractivity contribution in [1.29, 1.82) is 0 Å². The van der Waals surface area contributed by atoms with Gasteiger partial charge in [-0.25, -0.2) is 4.79 Å². The van der Waals surface area contributed by atoms with Crippen LogP contribution in [0.15, 0.2) is 0 Å². The van der Waals surface area contributed by atoms with Crippen LogP contribution in [0.5, 0.6) is 0 Å². The lowest BCUT2D eigenvalue weighted by Crippen LogP contribution is -2.45. The first-order chi connectivity index (χ1) is 8.36. The zero-order chi connectivity index (χ0) is 13.9. The van der Waals surface area contributed by atoms with Gasteiger partial charge in [0, 0.05) is 19.1 Å². The van der Waals surface area contributed by atoms with Crippen LogP contribution in [0.3, 0.4) is 0 Å². The standard InChI is InChI=1S/C13H24N2O3/c1-5-8(2)10(4)14-13(18)15-6-9(3)11(7-15)12(16)17/h8-11H,5-7H2,1-4H3,(H,14,18)(H,16,17)/t8?,9-,10?,11-/m1/s1. The predicted molar refractivity (Wildman–Crippen MR) is 69.3 cm³/mol. The van der Waals surface area contributed by atoms with E-state index in [2.05, 4.69) is 19.2 Å². The number of carbonyl (C=O) groups excluding carboxylic acids is 1. The van der Waals surface area contributed by atoms with Gasteiger partial charge < -0.3 is 15.3 Å². The molecule has 4 atom stereocenters. The van der Waals surface area contributed by atoms with E-state index in [4.69, 9.17) is 5.11 Å². The lowest BCUT2D eigenvalue weighted by atomic mass is 9.99. The number of urea groups is 1. The fraction of sp³-hybridized carbons (Fsp3) is 0.846. The molecule has 0 radical (unpaired) electrons. The molecule has 1 fully saturated rings. The second kappa shape index (κ2) is 6.07. The maximum atomic E-state index is 12.0. The van der Waals surface area contributed by atoms with Crippen LogP contribution in [0.1, 0.15) is 34.1 Å². The minimum atomic E-state index is -0.812. The maximum Gasteiger partial charge on any atom is 0.317 e. The Bertz CT molecular complexity index is 319. The third kappa shape index (κ3) is 3.37. The van der Waals surface area contributed by atoms with Gasteiger partial charge in [0.1, 0.15) is 0 Å². The fourth-order valence-corrected chi connectivity index (χ4v) is 2.24. The molecule has 5 heteroatoms. The van der Waals surface area contributed by atoms with Crippen molar-refractivity contribution in [3.05, 3.63) is 0 Å². The highest BCUT2D eigenvalue weighted by Crippen LogP contribution is 2.23. The summed E-state index contributed by atoms with van der Waals surface area (Å²) in [6.45, 7) is 8.89. The van der Waals surface area contributed by atoms with Gasteiger partial charge in [-0.05, 0) is 18.8 Å². The summed E-state index contributed by atoms with van der Waals surface area (Å²) in [6.07, 6.45) is 1.01. The van der Waals surface area contributed by atoms with E-state index < -0.39 is 11.9 Å². The first-order valence-electron chi connectivity index (χ1n) is 6.65. The molecular formula is C13H24N2O3. The monoisotopic (exact) mass is 256 g/mol. The van der Waals surface area contributed by atoms with Crippen LogP contribution >= 0.6 is 0 Å². The second-order valence-electron chi connectivity index (χ2n) is 5.45. The lowest BCUT2D eigenvalue weighted by molar-refractivity contribution is -0.142. The predicted octanol–water partition coefficient (Wildman–Crippen LogP) is 1.78. The number of carboxylic acid groups (broad SMARTS) is 1. The molecule has 2 N–H and O–H groups in total. The van der Waals surface area contributed by atoms with Crippen molar-refractivity contribution in [2.75, 3.05) is 13.1 Å². The highest BCUT2D eigenvalue weighted by atomic mass is 16.4. The summed E-state index contributed by atoms with van der Waals surface area (Å²) in [7, 11) is 0. The Balaban J connectivity index is 2.52. The van der Waals surface area contributed by atoms with Crippen LogP contribution in [-0.4, -0.2) is 41.1 Å². The van der Waals surface area contributed by atoms with E-state index in [1.807, 2.05) is 13.8 Å². The largest absolute Gasteiger partial charge is 0.481 e. The molecule has 1 aliphatic rings. The third-order valence-corrected chi connectivity index (χ3v) is 4.07. The second-order valence-corrected chi connectivity index (χ2v) is 5.45. The number of nitrogens with one attached hydrogen (secondary N) is 1. The number of nitrogens with zero attached hydrogens (tertiary/aromatic N) is 1. The van der Waals surface area contributed by atoms with Gasteiger partial charge in [0.05, 0.1) is 5.92 Å². The molecule has 0 aromatic rings. The van der Waals surface area contributed by atoms with Crippen molar-refractivity contribution in [3.8, 4) is 0 Å². The summed E-state index contributed by atoms with van der Waals surface area (Å²) in [5.41, 5.74) is 0. The van der Waals surface area contributed by atoms with Crippen LogP contribution in [0.2, 0.25) is 0 Å². The molecule has 18 heavy (non-hydrogen) atoms. The van der Waals surface area contributed by atoms with Gasteiger partial charge >= 0.3 is 12.0 Å². The molecule has 2 unspecified atom stereocenters. The number of hydrogen-bond donors (Lipinski definition) is 2. The molecule has 1 saturated heterocycles. The van der Waals surface area contributed by atoms with Crippen LogP contribution < -0.4 is 5.32 Å². The van der Waals surface area contributed by atoms with Gasteiger partial charge in [-0.15, -0.1) is 0 Å². The van der Waals surface area contributed by atoms with Crippen molar-refractivity contribution >= 4 is 12.0 Å². The Morgan fingerprint density at radius 1 is 1.39 bits per heavy atom. The topological polar surface area (TPSA) is 69.6 Å². The Kier molecular flexibility index (Phi) is 4.99. The van der Waals surface area contributed by atoms with Crippen LogP contribution in [-0.2, 0) is 4.79 Å². The van der Waals surface area contributed by atoms with Crippen LogP contribution in [0, 0.1) is 17.8 Å². The Hall–Kier alpha value is -1.26. The molecule has 0 bridgehead atoms. The molecule has 104 valence electrons. The first-order valence-corrected chi connectivity index (χ1v) is 6.65. The van der Waals surface area contributed by atoms with Gasteiger partial charge in [0.15, 0.2) is 0 Å². The summed E-state index contributed by atoms with van der Waals surface area (Å²) in [4.78, 5) is 24.6. The van der Waals surface area contributed by atoms with Crippen molar-refractivity contribution in [3.63, 3.8) is 0 Å². The van der Waals surface area contributed by atoms with E-state index in [0.29, 0.717) is 19.0 Å². The lowest BCUT2D eigenvalue weighted by Gasteiger charge is -2.24. The quantitative estimate of drug-likeness (QED) is 0.805. The van der Waals surface area contributed by atoms with Gasteiger partial charge in [-0.3, -0.25) is 4.79 Å². The van der Waals surface area contributed by atoms with Gasteiger partial charge in [-0.1, -0.05) is 27.2 Å². The number of likely N-dealkylation sites (tertiary alicyclic amines) is 1. The average Bonchev–Trinajstić information content (AvgIpc) is 2.70. The summed E-state index contributed by atoms with van der Waals surface area (Å²) in [5.74, 6) is -0.807. The van der Waals surface area contributed by atoms with Crippen molar-refractivity contribution in [2.45, 2.75) is 40.2 Å². The SMILES string of the molecule is CCC(C)C(C)NC(=O)N1C[C@@H](C)[C@H](C(=O)O)C1. The van der Waals surface area contributed by atoms with Gasteiger partial charge in [0.25, 0.3) is 0 Å². The number of amides is 2. The van der Waals surface area contributed by atoms with E-state index in [0.717, 1.165) is 6.42 Å². The van der Waals surface area contributed by atoms with E-state index in [1.54, 1.807) is 4.90 Å². The zero-order valence-electron chi connectivity index (χ0n) is 11.6. The molecular weight excluding hydrogens is 232 g/mol. The highest BCUT2D eigenvalue weighted by molar-refractivity contribution is 5.77. The summed E-state index contributed by atoms with van der Waals surface area (Å²) in [6, 6.07) is -0.0277. The number of carbonyl (C=O) groups is 2. The highest BCUT2D eigenvalue weighted by Gasteiger charge is 2.37. The molecule has 0 aromatic heterocycles. The molecule has 0 aromatic carbocycles. The third-order valence-electron chi connectivity index (χ3n) is 4.07. The molecule has 2 amide bonds. The molecule has 1 rings (SSSR count). The van der Waals surface area contributed by atoms with E-state index in [1.165, 1.54) is 0 Å². The molecule has 0 aliphatic carbocycles. The van der Waals surface area contributed by atoms with Gasteiger partial charge in [-0.2, -0.15) is 0 Å². The van der Waals surface area contributed by atoms with E-state index in [-0.39, 0.29) is 18.0 Å². The molecule has 1 heterocycles. The average molecular weight is 256 g/mol. The summed E-state index contributed by atoms with van der Waals surface area (Å²) >= 11 is 0. The Morgan fingerprint density at radius 2 is 2.00 bits per heavy atom. The Morgan fingerprint density at radius 3 is 2.44 bits per heavy atom. The molecule has 0 spiro atoms. The van der Waals surface area contributed by atoms with Crippen molar-refractivity contribution in [2.24, 2.45) is 17.8 Å². The van der Waals surface area contributed by atoms with Crippen molar-refractivity contribution in [1.82, 2.24) is 10.2 Å². The fourth-order valence-electron chi connectivity index (χ4n) is 2.24. The number of aliphatic carboxylic acids is 1. The molecule has 0 saturated carbocycles. The molecule has 1 aliphatic heterocycles. The van der Waals surface area contributed by atoms with Crippen LogP contribution in [0.25, 0.3) is 0 Å². The number of carboxylic acids is 1. The first kappa shape index (κ1) is 14.8. The van der Waals surface area contributed by atoms with E-state index in [9.17, 15) is 9.59 Å². The zero-order valence-corrected chi connectivity index (χ0v) is 11.6.